The van der Waals surface area contributed by atoms with Gasteiger partial charge in [-0.1, -0.05) is 22.0 Å². The summed E-state index contributed by atoms with van der Waals surface area (Å²) in [5.74, 6) is 0. The van der Waals surface area contributed by atoms with Gasteiger partial charge in [-0.3, -0.25) is 4.90 Å². The van der Waals surface area contributed by atoms with Crippen LogP contribution in [-0.2, 0) is 19.5 Å². The minimum Gasteiger partial charge on any atom is -0.375 e. The first-order valence-corrected chi connectivity index (χ1v) is 7.51. The number of nitrogen functional groups attached to an aromatic ring is 1. The molecule has 1 aromatic carbocycles. The lowest BCUT2D eigenvalue weighted by Crippen LogP contribution is -2.29. The van der Waals surface area contributed by atoms with E-state index in [1.54, 1.807) is 11.3 Å². The summed E-state index contributed by atoms with van der Waals surface area (Å²) in [5.41, 5.74) is 8.56. The third kappa shape index (κ3) is 3.48. The lowest BCUT2D eigenvalue weighted by molar-refractivity contribution is 0.247. The van der Waals surface area contributed by atoms with Crippen LogP contribution in [0, 0.1) is 0 Å². The zero-order chi connectivity index (χ0) is 12.5. The Hall–Kier alpha value is -0.620. The molecule has 102 valence electrons. The summed E-state index contributed by atoms with van der Waals surface area (Å²) in [4.78, 5) is 7.79. The van der Waals surface area contributed by atoms with Crippen LogP contribution in [0.4, 0.5) is 5.13 Å². The number of benzene rings is 1. The van der Waals surface area contributed by atoms with Crippen molar-refractivity contribution in [1.82, 2.24) is 9.88 Å². The van der Waals surface area contributed by atoms with Crippen LogP contribution >= 0.6 is 39.7 Å². The average molecular weight is 361 g/mol. The van der Waals surface area contributed by atoms with Crippen LogP contribution < -0.4 is 5.73 Å². The minimum absolute atomic E-state index is 0. The van der Waals surface area contributed by atoms with Crippen molar-refractivity contribution in [3.63, 3.8) is 0 Å². The minimum atomic E-state index is 0. The Morgan fingerprint density at radius 3 is 2.95 bits per heavy atom. The molecule has 2 aromatic rings. The van der Waals surface area contributed by atoms with E-state index >= 15 is 0 Å². The van der Waals surface area contributed by atoms with Gasteiger partial charge in [0.2, 0.25) is 0 Å². The fraction of sp³-hybridized carbons (Fsp3) is 0.308. The topological polar surface area (TPSA) is 42.1 Å². The van der Waals surface area contributed by atoms with Gasteiger partial charge in [-0.15, -0.1) is 23.7 Å². The van der Waals surface area contributed by atoms with Crippen molar-refractivity contribution in [1.29, 1.82) is 0 Å². The van der Waals surface area contributed by atoms with E-state index in [4.69, 9.17) is 5.73 Å². The van der Waals surface area contributed by atoms with E-state index in [0.717, 1.165) is 26.1 Å². The largest absolute Gasteiger partial charge is 0.375 e. The van der Waals surface area contributed by atoms with Crippen molar-refractivity contribution in [2.24, 2.45) is 0 Å². The number of hydrogen-bond acceptors (Lipinski definition) is 4. The molecule has 1 aliphatic heterocycles. The van der Waals surface area contributed by atoms with Gasteiger partial charge in [0.15, 0.2) is 5.13 Å². The highest BCUT2D eigenvalue weighted by atomic mass is 79.9. The molecule has 0 fully saturated rings. The molecule has 0 atom stereocenters. The molecular weight excluding hydrogens is 346 g/mol. The summed E-state index contributed by atoms with van der Waals surface area (Å²) < 4.78 is 1.17. The van der Waals surface area contributed by atoms with E-state index in [0.29, 0.717) is 5.13 Å². The lowest BCUT2D eigenvalue weighted by atomic mass is 10.00. The van der Waals surface area contributed by atoms with Crippen molar-refractivity contribution in [2.45, 2.75) is 19.5 Å². The highest BCUT2D eigenvalue weighted by Gasteiger charge is 2.17. The van der Waals surface area contributed by atoms with Gasteiger partial charge in [0, 0.05) is 35.2 Å². The van der Waals surface area contributed by atoms with E-state index in [1.807, 2.05) is 6.20 Å². The van der Waals surface area contributed by atoms with Crippen molar-refractivity contribution >= 4 is 44.8 Å². The van der Waals surface area contributed by atoms with Gasteiger partial charge in [0.1, 0.15) is 0 Å². The number of nitrogens with zero attached hydrogens (tertiary/aromatic N) is 2. The summed E-state index contributed by atoms with van der Waals surface area (Å²) in [5, 5.41) is 0.659. The van der Waals surface area contributed by atoms with E-state index in [9.17, 15) is 0 Å². The number of aromatic nitrogens is 1. The molecule has 2 N–H and O–H groups in total. The Balaban J connectivity index is 0.00000133. The van der Waals surface area contributed by atoms with Gasteiger partial charge in [0.05, 0.1) is 0 Å². The summed E-state index contributed by atoms with van der Waals surface area (Å²) in [7, 11) is 0. The molecule has 0 saturated heterocycles. The number of anilines is 1. The second-order valence-electron chi connectivity index (χ2n) is 4.54. The van der Waals surface area contributed by atoms with Gasteiger partial charge < -0.3 is 5.73 Å². The molecule has 1 aliphatic rings. The molecule has 0 amide bonds. The fourth-order valence-corrected chi connectivity index (χ4v) is 3.47. The Bertz CT molecular complexity index is 573. The molecule has 3 nitrogen and oxygen atoms in total. The number of hydrogen-bond donors (Lipinski definition) is 1. The maximum absolute atomic E-state index is 5.66. The standard InChI is InChI=1S/C13H14BrN3S.ClH/c14-11-2-1-10-7-17(4-3-9(10)5-11)8-12-6-16-13(15)18-12;/h1-2,5-6H,3-4,7-8H2,(H2,15,16);1H. The maximum Gasteiger partial charge on any atom is 0.180 e. The number of fused-ring (bicyclic) bond motifs is 1. The summed E-state index contributed by atoms with van der Waals surface area (Å²) >= 11 is 5.11. The van der Waals surface area contributed by atoms with Crippen molar-refractivity contribution in [2.75, 3.05) is 12.3 Å². The normalized spacial score (nSPS) is 14.8. The second-order valence-corrected chi connectivity index (χ2v) is 6.60. The van der Waals surface area contributed by atoms with E-state index in [2.05, 4.69) is 44.0 Å². The van der Waals surface area contributed by atoms with E-state index in [1.165, 1.54) is 20.5 Å². The van der Waals surface area contributed by atoms with Crippen LogP contribution in [0.15, 0.2) is 28.9 Å². The SMILES string of the molecule is Cl.Nc1ncc(CN2CCc3cc(Br)ccc3C2)s1. The lowest BCUT2D eigenvalue weighted by Gasteiger charge is -2.28. The van der Waals surface area contributed by atoms with Crippen LogP contribution in [0.1, 0.15) is 16.0 Å². The quantitative estimate of drug-likeness (QED) is 0.891. The zero-order valence-corrected chi connectivity index (χ0v) is 13.5. The second kappa shape index (κ2) is 6.22. The number of nitrogens with two attached hydrogens (primary N) is 1. The van der Waals surface area contributed by atoms with E-state index in [-0.39, 0.29) is 12.4 Å². The molecule has 0 aliphatic carbocycles. The van der Waals surface area contributed by atoms with Gasteiger partial charge in [-0.05, 0) is 29.7 Å². The van der Waals surface area contributed by atoms with Crippen molar-refractivity contribution < 1.29 is 0 Å². The predicted molar refractivity (Wildman–Crippen MR) is 85.7 cm³/mol. The van der Waals surface area contributed by atoms with Crippen LogP contribution in [0.3, 0.4) is 0 Å². The molecule has 0 bridgehead atoms. The third-order valence-electron chi connectivity index (χ3n) is 3.21. The summed E-state index contributed by atoms with van der Waals surface area (Å²) in [6.45, 7) is 3.06. The monoisotopic (exact) mass is 359 g/mol. The van der Waals surface area contributed by atoms with E-state index < -0.39 is 0 Å². The fourth-order valence-electron chi connectivity index (χ4n) is 2.33. The third-order valence-corrected chi connectivity index (χ3v) is 4.52. The molecule has 0 unspecified atom stereocenters. The molecule has 0 saturated carbocycles. The van der Waals surface area contributed by atoms with Crippen LogP contribution in [0.2, 0.25) is 0 Å². The zero-order valence-electron chi connectivity index (χ0n) is 10.3. The smallest absolute Gasteiger partial charge is 0.180 e. The Kier molecular flexibility index (Phi) is 4.84. The molecule has 2 heterocycles. The number of rotatable bonds is 2. The first-order chi connectivity index (χ1) is 8.70. The van der Waals surface area contributed by atoms with Gasteiger partial charge in [-0.2, -0.15) is 0 Å². The summed E-state index contributed by atoms with van der Waals surface area (Å²) in [6.07, 6.45) is 3.00. The first kappa shape index (κ1) is 14.8. The number of thiazole rings is 1. The first-order valence-electron chi connectivity index (χ1n) is 5.90. The Morgan fingerprint density at radius 2 is 2.21 bits per heavy atom. The molecule has 3 rings (SSSR count). The van der Waals surface area contributed by atoms with Crippen LogP contribution in [0.25, 0.3) is 0 Å². The summed E-state index contributed by atoms with van der Waals surface area (Å²) in [6, 6.07) is 6.57. The average Bonchev–Trinajstić information content (AvgIpc) is 2.75. The van der Waals surface area contributed by atoms with Crippen LogP contribution in [-0.4, -0.2) is 16.4 Å². The maximum atomic E-state index is 5.66. The molecule has 19 heavy (non-hydrogen) atoms. The molecule has 6 heteroatoms. The van der Waals surface area contributed by atoms with Crippen molar-refractivity contribution in [3.8, 4) is 0 Å². The van der Waals surface area contributed by atoms with Crippen LogP contribution in [0.5, 0.6) is 0 Å². The van der Waals surface area contributed by atoms with Crippen molar-refractivity contribution in [3.05, 3.63) is 44.9 Å². The molecule has 0 radical (unpaired) electrons. The van der Waals surface area contributed by atoms with Gasteiger partial charge >= 0.3 is 0 Å². The highest BCUT2D eigenvalue weighted by Crippen LogP contribution is 2.25. The molecule has 1 aromatic heterocycles. The molecule has 0 spiro atoms. The molecular formula is C13H15BrClN3S. The Labute approximate surface area is 131 Å². The van der Waals surface area contributed by atoms with Gasteiger partial charge in [-0.25, -0.2) is 4.98 Å². The van der Waals surface area contributed by atoms with Gasteiger partial charge in [0.25, 0.3) is 0 Å². The number of halogens is 2. The predicted octanol–water partition coefficient (Wildman–Crippen LogP) is 3.47. The highest BCUT2D eigenvalue weighted by molar-refractivity contribution is 9.10. The Morgan fingerprint density at radius 1 is 1.37 bits per heavy atom.